The lowest BCUT2D eigenvalue weighted by atomic mass is 10.2. The Kier molecular flexibility index (Phi) is 3.85. The van der Waals surface area contributed by atoms with Crippen LogP contribution in [0.25, 0.3) is 0 Å². The lowest BCUT2D eigenvalue weighted by Gasteiger charge is -2.06. The SMILES string of the molecule is CS(=O)(=O)[O-].[2H]C(N([2H])C(N([2H])[2H])=[N+]([2H])[2H])C([2H])([2H])C([2H])([2H])C([2H])([2H])C([2H])([2H])C(=O)Oc1ccc(C(=O)OC([2H])([2H])C([2H])([2H])[2H])cc1. The summed E-state index contributed by atoms with van der Waals surface area (Å²) < 4.78 is 180. The first-order valence-corrected chi connectivity index (χ1v) is 8.49. The summed E-state index contributed by atoms with van der Waals surface area (Å²) in [5.41, 5.74) is -0.999. The summed E-state index contributed by atoms with van der Waals surface area (Å²) in [4.78, 5) is 24.7. The second-order valence-corrected chi connectivity index (χ2v) is 5.60. The molecular weight excluding hydrogens is 390 g/mol. The molecule has 0 radical (unpaired) electrons. The predicted molar refractivity (Wildman–Crippen MR) is 101 cm³/mol. The number of esters is 2. The minimum Gasteiger partial charge on any atom is -0.748 e. The number of benzene rings is 1. The molecule has 0 heterocycles. The molecule has 11 heteroatoms. The van der Waals surface area contributed by atoms with Crippen LogP contribution >= 0.6 is 0 Å². The standard InChI is InChI=1S/C16H23N3O4.CH4O3S/c1-2-22-15(21)12-7-9-13(10-8-12)23-14(20)6-4-3-5-11-19-16(17)18;1-5(2,3)4/h7-10H,2-6,11H2,1H3,(H4,17,18,19);1H3,(H,2,3,4)/i1D3,2D2,3D2,4D2,5D2,6D2,11D;/hD5. The van der Waals surface area contributed by atoms with Gasteiger partial charge in [0.25, 0.3) is 7.06 Å². The van der Waals surface area contributed by atoms with Crippen molar-refractivity contribution in [2.45, 2.75) is 32.3 Å². The fourth-order valence-corrected chi connectivity index (χ4v) is 1.14. The minimum absolute atomic E-state index is 0.443. The Morgan fingerprint density at radius 1 is 1.39 bits per heavy atom. The Balaban J connectivity index is 0.00000391. The zero-order valence-corrected chi connectivity index (χ0v) is 14.8. The number of nitrogens with two attached hydrogens (primary N) is 2. The van der Waals surface area contributed by atoms with Crippen LogP contribution in [0.1, 0.15) is 61.9 Å². The van der Waals surface area contributed by atoms with Gasteiger partial charge in [-0.05, 0) is 50.2 Å². The quantitative estimate of drug-likeness (QED) is 0.146. The molecule has 0 aliphatic carbocycles. The van der Waals surface area contributed by atoms with Crippen LogP contribution in [-0.2, 0) is 19.6 Å². The Morgan fingerprint density at radius 3 is 2.64 bits per heavy atom. The van der Waals surface area contributed by atoms with Gasteiger partial charge >= 0.3 is 17.9 Å². The number of hydrogen-bond acceptors (Lipinski definition) is 7. The second-order valence-electron chi connectivity index (χ2n) is 4.19. The molecule has 0 saturated carbocycles. The van der Waals surface area contributed by atoms with Crippen LogP contribution in [0, 0.1) is 0 Å². The van der Waals surface area contributed by atoms with E-state index in [1.165, 1.54) is 0 Å². The highest BCUT2D eigenvalue weighted by Crippen LogP contribution is 2.14. The number of guanidine groups is 1. The van der Waals surface area contributed by atoms with Gasteiger partial charge in [-0.1, -0.05) is 0 Å². The summed E-state index contributed by atoms with van der Waals surface area (Å²) in [5, 5.41) is -1.03. The maximum Gasteiger partial charge on any atom is 0.338 e. The van der Waals surface area contributed by atoms with Crippen molar-refractivity contribution < 1.29 is 63.7 Å². The van der Waals surface area contributed by atoms with Gasteiger partial charge in [0.1, 0.15) is 5.75 Å². The summed E-state index contributed by atoms with van der Waals surface area (Å²) >= 11 is 0. The van der Waals surface area contributed by atoms with Crippen molar-refractivity contribution in [3.63, 3.8) is 0 Å². The zero-order valence-electron chi connectivity index (χ0n) is 33.0. The Morgan fingerprint density at radius 2 is 2.07 bits per heavy atom. The summed E-state index contributed by atoms with van der Waals surface area (Å²) in [5.74, 6) is -5.56. The average Bonchev–Trinajstić information content (AvgIpc) is 2.85. The molecule has 158 valence electrons. The van der Waals surface area contributed by atoms with E-state index in [0.29, 0.717) is 6.26 Å². The normalized spacial score (nSPS) is 24.0. The maximum atomic E-state index is 12.6. The predicted octanol–water partition coefficient (Wildman–Crippen LogP) is -0.846. The van der Waals surface area contributed by atoms with Crippen LogP contribution in [0.5, 0.6) is 5.75 Å². The molecule has 0 aromatic heterocycles. The molecule has 1 aromatic carbocycles. The van der Waals surface area contributed by atoms with E-state index >= 15 is 0 Å². The molecule has 1 rings (SSSR count). The molecule has 1 aromatic rings. The number of ether oxygens (including phenoxy) is 2. The minimum atomic E-state index is -4.17. The maximum absolute atomic E-state index is 12.6. The number of hydrogen-bond donors (Lipinski definition) is 3. The van der Waals surface area contributed by atoms with E-state index in [1.807, 2.05) is 0 Å². The highest BCUT2D eigenvalue weighted by molar-refractivity contribution is 7.84. The molecule has 0 spiro atoms. The van der Waals surface area contributed by atoms with Gasteiger partial charge in [0.05, 0.1) is 32.9 Å². The average molecular weight is 437 g/mol. The summed E-state index contributed by atoms with van der Waals surface area (Å²) in [6.45, 7) is -9.61. The topological polar surface area (TPSA) is 173 Å². The molecule has 1 unspecified atom stereocenters. The lowest BCUT2D eigenvalue weighted by Crippen LogP contribution is -2.54. The molecule has 0 saturated heterocycles. The molecule has 28 heavy (non-hydrogen) atoms. The first-order valence-electron chi connectivity index (χ1n) is 16.0. The third-order valence-electron chi connectivity index (χ3n) is 1.99. The third-order valence-corrected chi connectivity index (χ3v) is 1.99. The van der Waals surface area contributed by atoms with Gasteiger partial charge in [-0.2, -0.15) is 0 Å². The van der Waals surface area contributed by atoms with Gasteiger partial charge in [-0.15, -0.1) is 0 Å². The number of nitrogens with one attached hydrogen (secondary N) is 1. The van der Waals surface area contributed by atoms with Crippen molar-refractivity contribution in [2.75, 3.05) is 19.3 Å². The fraction of sp³-hybridized carbons (Fsp3) is 0.471. The van der Waals surface area contributed by atoms with Crippen LogP contribution < -0.4 is 21.2 Å². The van der Waals surface area contributed by atoms with Gasteiger partial charge in [0.15, 0.2) is 0 Å². The zero-order chi connectivity index (χ0) is 37.9. The molecule has 0 bridgehead atoms. The van der Waals surface area contributed by atoms with Gasteiger partial charge < -0.3 is 14.0 Å². The van der Waals surface area contributed by atoms with Gasteiger partial charge in [-0.3, -0.25) is 21.2 Å². The van der Waals surface area contributed by atoms with Crippen molar-refractivity contribution in [2.24, 2.45) is 5.72 Å². The smallest absolute Gasteiger partial charge is 0.338 e. The van der Waals surface area contributed by atoms with Crippen LogP contribution in [0.15, 0.2) is 24.3 Å². The van der Waals surface area contributed by atoms with E-state index in [1.54, 1.807) is 0 Å². The van der Waals surface area contributed by atoms with Crippen LogP contribution in [-0.4, -0.2) is 50.2 Å². The second kappa shape index (κ2) is 13.5. The molecule has 0 aliphatic rings. The Labute approximate surface area is 191 Å². The highest BCUT2D eigenvalue weighted by atomic mass is 32.2. The van der Waals surface area contributed by atoms with Crippen molar-refractivity contribution in [3.05, 3.63) is 29.8 Å². The van der Waals surface area contributed by atoms with Gasteiger partial charge in [-0.25, -0.2) is 13.2 Å². The Bertz CT molecular complexity index is 1410. The number of carbonyl (C=O) groups is 2. The van der Waals surface area contributed by atoms with Crippen LogP contribution in [0.3, 0.4) is 0 Å². The van der Waals surface area contributed by atoms with Crippen molar-refractivity contribution in [3.8, 4) is 5.75 Å². The van der Waals surface area contributed by atoms with E-state index in [0.717, 1.165) is 24.3 Å². The molecule has 5 N–H and O–H groups in total. The van der Waals surface area contributed by atoms with Crippen molar-refractivity contribution in [1.82, 2.24) is 5.31 Å². The van der Waals surface area contributed by atoms with E-state index < -0.39 is 101 Å². The largest absolute Gasteiger partial charge is 0.748 e. The van der Waals surface area contributed by atoms with E-state index in [9.17, 15) is 9.59 Å². The van der Waals surface area contributed by atoms with Crippen LogP contribution in [0.4, 0.5) is 0 Å². The summed E-state index contributed by atoms with van der Waals surface area (Å²) in [7, 11) is -3.92. The first-order chi connectivity index (χ1) is 20.6. The number of rotatable bonds is 9. The molecular formula is C17H27N3O7S. The molecule has 0 aliphatic heterocycles. The van der Waals surface area contributed by atoms with Crippen molar-refractivity contribution >= 4 is 28.0 Å². The fourth-order valence-electron chi connectivity index (χ4n) is 1.14. The molecule has 1 atom stereocenters. The number of carbonyl (C=O) groups excluding carboxylic acids is 2. The Hall–Kier alpha value is -2.66. The van der Waals surface area contributed by atoms with E-state index in [2.05, 4.69) is 4.74 Å². The van der Waals surface area contributed by atoms with Crippen molar-refractivity contribution in [1.29, 1.82) is 0 Å². The van der Waals surface area contributed by atoms with E-state index in [4.69, 9.17) is 44.0 Å². The highest BCUT2D eigenvalue weighted by Gasteiger charge is 2.08. The third kappa shape index (κ3) is 15.6. The first kappa shape index (κ1) is 7.99. The van der Waals surface area contributed by atoms with E-state index in [-0.39, 0.29) is 0 Å². The summed E-state index contributed by atoms with van der Waals surface area (Å²) in [6, 6.07) is 3.31. The monoisotopic (exact) mass is 436 g/mol. The molecule has 10 nitrogen and oxygen atoms in total. The van der Waals surface area contributed by atoms with Gasteiger partial charge in [0, 0.05) is 27.7 Å². The molecule has 0 fully saturated rings. The lowest BCUT2D eigenvalue weighted by molar-refractivity contribution is -0.134. The van der Waals surface area contributed by atoms with Gasteiger partial charge in [0.2, 0.25) is 0 Å². The molecule has 0 amide bonds. The van der Waals surface area contributed by atoms with Crippen LogP contribution in [0.2, 0.25) is 7.06 Å². The summed E-state index contributed by atoms with van der Waals surface area (Å²) in [6.07, 6.45) is -15.7.